The van der Waals surface area contributed by atoms with Crippen LogP contribution in [0.5, 0.6) is 0 Å². The van der Waals surface area contributed by atoms with Gasteiger partial charge in [-0.3, -0.25) is 9.48 Å². The molecule has 1 fully saturated rings. The Morgan fingerprint density at radius 2 is 1.83 bits per heavy atom. The van der Waals surface area contributed by atoms with Gasteiger partial charge in [0, 0.05) is 18.0 Å². The first-order valence-electron chi connectivity index (χ1n) is 8.22. The van der Waals surface area contributed by atoms with Crippen LogP contribution in [0.2, 0.25) is 0 Å². The van der Waals surface area contributed by atoms with E-state index >= 15 is 0 Å². The summed E-state index contributed by atoms with van der Waals surface area (Å²) in [5, 5.41) is 4.64. The monoisotopic (exact) mass is 334 g/mol. The van der Waals surface area contributed by atoms with E-state index in [2.05, 4.69) is 5.10 Å². The predicted octanol–water partition coefficient (Wildman–Crippen LogP) is 4.35. The minimum atomic E-state index is -4.32. The van der Waals surface area contributed by atoms with Gasteiger partial charge in [-0.15, -0.1) is 0 Å². The van der Waals surface area contributed by atoms with Gasteiger partial charge in [0.25, 0.3) is 0 Å². The highest BCUT2D eigenvalue weighted by molar-refractivity contribution is 5.99. The van der Waals surface area contributed by atoms with Gasteiger partial charge in [0.05, 0.1) is 23.4 Å². The van der Waals surface area contributed by atoms with E-state index in [0.717, 1.165) is 60.3 Å². The molecule has 2 aliphatic carbocycles. The molecule has 126 valence electrons. The number of Topliss-reactive ketones (excluding diaryl/α,β-unsaturated/α-hetero) is 1. The molecule has 0 bridgehead atoms. The number of fused-ring (bicyclic) bond motifs is 1. The van der Waals surface area contributed by atoms with Crippen LogP contribution < -0.4 is 0 Å². The molecule has 0 amide bonds. The van der Waals surface area contributed by atoms with Gasteiger partial charge in [0.15, 0.2) is 5.78 Å². The molecule has 6 heteroatoms. The van der Waals surface area contributed by atoms with Crippen molar-refractivity contribution in [1.82, 2.24) is 9.78 Å². The highest BCUT2D eigenvalue weighted by atomic mass is 19.4. The molecule has 3 nitrogen and oxygen atoms in total. The van der Waals surface area contributed by atoms with E-state index in [4.69, 9.17) is 0 Å². The zero-order chi connectivity index (χ0) is 16.9. The van der Waals surface area contributed by atoms with Crippen LogP contribution in [0.1, 0.15) is 64.5 Å². The normalized spacial score (nSPS) is 17.9. The average molecular weight is 334 g/mol. The summed E-state index contributed by atoms with van der Waals surface area (Å²) in [6, 6.07) is 5.16. The predicted molar refractivity (Wildman–Crippen MR) is 82.0 cm³/mol. The summed E-state index contributed by atoms with van der Waals surface area (Å²) in [5.41, 5.74) is 2.75. The molecule has 2 aliphatic rings. The van der Waals surface area contributed by atoms with Crippen LogP contribution in [-0.4, -0.2) is 15.6 Å². The highest BCUT2D eigenvalue weighted by Crippen LogP contribution is 2.43. The molecule has 0 N–H and O–H groups in total. The summed E-state index contributed by atoms with van der Waals surface area (Å²) < 4.78 is 39.8. The largest absolute Gasteiger partial charge is 0.416 e. The molecule has 1 saturated carbocycles. The van der Waals surface area contributed by atoms with E-state index < -0.39 is 11.7 Å². The van der Waals surface area contributed by atoms with Gasteiger partial charge >= 0.3 is 6.18 Å². The van der Waals surface area contributed by atoms with E-state index in [9.17, 15) is 18.0 Å². The minimum absolute atomic E-state index is 0.164. The van der Waals surface area contributed by atoms with E-state index in [1.165, 1.54) is 12.1 Å². The number of hydrogen-bond donors (Lipinski definition) is 0. The Labute approximate surface area is 137 Å². The standard InChI is InChI=1S/C18H17F3N2O/c19-18(20,21)13-8-4-11(5-9-13)10-23-14-2-1-3-15(24)16(14)17(22-23)12-6-7-12/h4-5,8-9,12H,1-3,6-7,10H2. The van der Waals surface area contributed by atoms with E-state index in [1.54, 1.807) is 0 Å². The number of benzene rings is 1. The molecule has 1 aromatic carbocycles. The zero-order valence-electron chi connectivity index (χ0n) is 13.1. The van der Waals surface area contributed by atoms with Gasteiger partial charge in [0.1, 0.15) is 0 Å². The second-order valence-electron chi connectivity index (χ2n) is 6.61. The molecule has 1 heterocycles. The minimum Gasteiger partial charge on any atom is -0.294 e. The second-order valence-corrected chi connectivity index (χ2v) is 6.61. The Hall–Kier alpha value is -2.11. The second kappa shape index (κ2) is 5.46. The summed E-state index contributed by atoms with van der Waals surface area (Å²) in [5.74, 6) is 0.548. The molecule has 0 atom stereocenters. The SMILES string of the molecule is O=C1CCCc2c1c(C1CC1)nn2Cc1ccc(C(F)(F)F)cc1. The van der Waals surface area contributed by atoms with Crippen LogP contribution in [0.3, 0.4) is 0 Å². The van der Waals surface area contributed by atoms with Crippen molar-refractivity contribution >= 4 is 5.78 Å². The van der Waals surface area contributed by atoms with Crippen molar-refractivity contribution in [2.45, 2.75) is 50.7 Å². The Bertz CT molecular complexity index is 786. The Morgan fingerprint density at radius 1 is 1.12 bits per heavy atom. The molecule has 24 heavy (non-hydrogen) atoms. The third-order valence-electron chi connectivity index (χ3n) is 4.76. The summed E-state index contributed by atoms with van der Waals surface area (Å²) >= 11 is 0. The van der Waals surface area contributed by atoms with Crippen molar-refractivity contribution in [3.63, 3.8) is 0 Å². The number of aromatic nitrogens is 2. The van der Waals surface area contributed by atoms with Crippen LogP contribution in [0.25, 0.3) is 0 Å². The number of alkyl halides is 3. The number of halogens is 3. The van der Waals surface area contributed by atoms with Gasteiger partial charge in [0.2, 0.25) is 0 Å². The van der Waals surface area contributed by atoms with Crippen molar-refractivity contribution in [3.8, 4) is 0 Å². The van der Waals surface area contributed by atoms with Crippen molar-refractivity contribution in [2.75, 3.05) is 0 Å². The van der Waals surface area contributed by atoms with Gasteiger partial charge in [-0.1, -0.05) is 12.1 Å². The van der Waals surface area contributed by atoms with Crippen LogP contribution in [0.15, 0.2) is 24.3 Å². The molecular formula is C18H17F3N2O. The Morgan fingerprint density at radius 3 is 2.46 bits per heavy atom. The lowest BCUT2D eigenvalue weighted by Gasteiger charge is -2.14. The fourth-order valence-corrected chi connectivity index (χ4v) is 3.36. The fourth-order valence-electron chi connectivity index (χ4n) is 3.36. The zero-order valence-corrected chi connectivity index (χ0v) is 13.1. The van der Waals surface area contributed by atoms with Gasteiger partial charge in [-0.05, 0) is 43.4 Å². The van der Waals surface area contributed by atoms with E-state index in [0.29, 0.717) is 18.9 Å². The summed E-state index contributed by atoms with van der Waals surface area (Å²) in [6.07, 6.45) is -0.00223. The van der Waals surface area contributed by atoms with E-state index in [1.807, 2.05) is 4.68 Å². The smallest absolute Gasteiger partial charge is 0.294 e. The van der Waals surface area contributed by atoms with Crippen LogP contribution in [-0.2, 0) is 19.1 Å². The van der Waals surface area contributed by atoms with E-state index in [-0.39, 0.29) is 5.78 Å². The lowest BCUT2D eigenvalue weighted by Crippen LogP contribution is -2.14. The quantitative estimate of drug-likeness (QED) is 0.836. The highest BCUT2D eigenvalue weighted by Gasteiger charge is 2.35. The van der Waals surface area contributed by atoms with Gasteiger partial charge in [-0.2, -0.15) is 18.3 Å². The maximum atomic E-state index is 12.7. The van der Waals surface area contributed by atoms with Crippen LogP contribution >= 0.6 is 0 Å². The van der Waals surface area contributed by atoms with Gasteiger partial charge in [-0.25, -0.2) is 0 Å². The number of nitrogens with zero attached hydrogens (tertiary/aromatic N) is 2. The molecule has 0 saturated heterocycles. The summed E-state index contributed by atoms with van der Waals surface area (Å²) in [4.78, 5) is 12.3. The molecular weight excluding hydrogens is 317 g/mol. The number of carbonyl (C=O) groups is 1. The topological polar surface area (TPSA) is 34.9 Å². The molecule has 2 aromatic rings. The summed E-state index contributed by atoms with van der Waals surface area (Å²) in [7, 11) is 0. The molecule has 0 unspecified atom stereocenters. The number of hydrogen-bond acceptors (Lipinski definition) is 2. The third kappa shape index (κ3) is 2.74. The maximum Gasteiger partial charge on any atom is 0.416 e. The average Bonchev–Trinajstić information content (AvgIpc) is 3.31. The molecule has 0 aliphatic heterocycles. The fraction of sp³-hybridized carbons (Fsp3) is 0.444. The van der Waals surface area contributed by atoms with Crippen molar-refractivity contribution < 1.29 is 18.0 Å². The van der Waals surface area contributed by atoms with Crippen LogP contribution in [0.4, 0.5) is 13.2 Å². The molecule has 1 aromatic heterocycles. The molecule has 4 rings (SSSR count). The third-order valence-corrected chi connectivity index (χ3v) is 4.76. The summed E-state index contributed by atoms with van der Waals surface area (Å²) in [6.45, 7) is 0.403. The maximum absolute atomic E-state index is 12.7. The molecule has 0 spiro atoms. The van der Waals surface area contributed by atoms with Crippen LogP contribution in [0, 0.1) is 0 Å². The van der Waals surface area contributed by atoms with Gasteiger partial charge < -0.3 is 0 Å². The van der Waals surface area contributed by atoms with Crippen molar-refractivity contribution in [1.29, 1.82) is 0 Å². The lowest BCUT2D eigenvalue weighted by atomic mass is 9.93. The number of ketones is 1. The number of carbonyl (C=O) groups excluding carboxylic acids is 1. The lowest BCUT2D eigenvalue weighted by molar-refractivity contribution is -0.137. The molecule has 0 radical (unpaired) electrons. The Balaban J connectivity index is 1.65. The first-order chi connectivity index (χ1) is 11.4. The number of rotatable bonds is 3. The Kier molecular flexibility index (Phi) is 3.51. The first kappa shape index (κ1) is 15.4. The first-order valence-corrected chi connectivity index (χ1v) is 8.22. The van der Waals surface area contributed by atoms with Crippen molar-refractivity contribution in [2.24, 2.45) is 0 Å². The van der Waals surface area contributed by atoms with Crippen molar-refractivity contribution in [3.05, 3.63) is 52.3 Å².